The molecule has 0 aromatic heterocycles. The van der Waals surface area contributed by atoms with Crippen LogP contribution in [0.25, 0.3) is 11.1 Å². The second kappa shape index (κ2) is 4.76. The van der Waals surface area contributed by atoms with Crippen molar-refractivity contribution in [1.29, 1.82) is 0 Å². The van der Waals surface area contributed by atoms with Gasteiger partial charge in [-0.15, -0.1) is 0 Å². The van der Waals surface area contributed by atoms with Crippen LogP contribution in [0.1, 0.15) is 5.56 Å². The molecule has 0 atom stereocenters. The van der Waals surface area contributed by atoms with Crippen LogP contribution in [0, 0.1) is 6.07 Å². The van der Waals surface area contributed by atoms with Gasteiger partial charge in [-0.2, -0.15) is 0 Å². The molecule has 0 aliphatic carbocycles. The lowest BCUT2D eigenvalue weighted by Gasteiger charge is -2.03. The van der Waals surface area contributed by atoms with Crippen molar-refractivity contribution >= 4 is 0 Å². The van der Waals surface area contributed by atoms with E-state index in [9.17, 15) is 0 Å². The molecule has 0 fully saturated rings. The zero-order valence-corrected chi connectivity index (χ0v) is 8.73. The highest BCUT2D eigenvalue weighted by atomic mass is 16.5. The predicted octanol–water partition coefficient (Wildman–Crippen LogP) is 3.30. The molecule has 0 heterocycles. The Kier molecular flexibility index (Phi) is 3.15. The predicted molar refractivity (Wildman–Crippen MR) is 61.4 cm³/mol. The molecule has 0 aliphatic rings. The van der Waals surface area contributed by atoms with Gasteiger partial charge in [0.05, 0.1) is 6.61 Å². The topological polar surface area (TPSA) is 9.23 Å². The van der Waals surface area contributed by atoms with Gasteiger partial charge in [-0.05, 0) is 22.8 Å². The first kappa shape index (κ1) is 9.94. The molecule has 2 aromatic carbocycles. The average Bonchev–Trinajstić information content (AvgIpc) is 2.32. The molecule has 1 nitrogen and oxygen atoms in total. The minimum atomic E-state index is 0.669. The third-order valence-corrected chi connectivity index (χ3v) is 2.32. The Bertz CT molecular complexity index is 403. The van der Waals surface area contributed by atoms with E-state index in [1.807, 2.05) is 12.1 Å². The highest BCUT2D eigenvalue weighted by Gasteiger charge is 1.96. The van der Waals surface area contributed by atoms with Crippen LogP contribution >= 0.6 is 0 Å². The molecular formula is C14H13O. The molecule has 0 spiro atoms. The quantitative estimate of drug-likeness (QED) is 0.733. The van der Waals surface area contributed by atoms with Crippen LogP contribution < -0.4 is 0 Å². The molecule has 75 valence electrons. The molecule has 0 N–H and O–H groups in total. The maximum absolute atomic E-state index is 5.07. The van der Waals surface area contributed by atoms with E-state index in [0.717, 1.165) is 0 Å². The Morgan fingerprint density at radius 2 is 1.53 bits per heavy atom. The third-order valence-electron chi connectivity index (χ3n) is 2.32. The molecule has 0 aliphatic heterocycles. The molecule has 0 unspecified atom stereocenters. The van der Waals surface area contributed by atoms with E-state index >= 15 is 0 Å². The van der Waals surface area contributed by atoms with E-state index in [4.69, 9.17) is 4.74 Å². The van der Waals surface area contributed by atoms with Crippen molar-refractivity contribution < 1.29 is 4.74 Å². The zero-order valence-electron chi connectivity index (χ0n) is 8.73. The minimum Gasteiger partial charge on any atom is -0.380 e. The van der Waals surface area contributed by atoms with Crippen molar-refractivity contribution in [2.75, 3.05) is 7.11 Å². The second-order valence-corrected chi connectivity index (χ2v) is 3.42. The smallest absolute Gasteiger partial charge is 0.0713 e. The molecule has 0 saturated heterocycles. The van der Waals surface area contributed by atoms with Gasteiger partial charge in [0.2, 0.25) is 0 Å². The van der Waals surface area contributed by atoms with Gasteiger partial charge >= 0.3 is 0 Å². The maximum Gasteiger partial charge on any atom is 0.0713 e. The number of methoxy groups -OCH3 is 1. The van der Waals surface area contributed by atoms with Crippen molar-refractivity contribution in [2.24, 2.45) is 0 Å². The summed E-state index contributed by atoms with van der Waals surface area (Å²) in [5.74, 6) is 0. The molecule has 0 amide bonds. The van der Waals surface area contributed by atoms with Crippen LogP contribution in [0.3, 0.4) is 0 Å². The Balaban J connectivity index is 2.24. The van der Waals surface area contributed by atoms with E-state index in [0.29, 0.717) is 6.61 Å². The van der Waals surface area contributed by atoms with Crippen molar-refractivity contribution in [3.63, 3.8) is 0 Å². The highest BCUT2D eigenvalue weighted by Crippen LogP contribution is 2.19. The summed E-state index contributed by atoms with van der Waals surface area (Å²) in [4.78, 5) is 0. The first-order chi connectivity index (χ1) is 7.40. The van der Waals surface area contributed by atoms with Crippen LogP contribution in [0.4, 0.5) is 0 Å². The largest absolute Gasteiger partial charge is 0.380 e. The van der Waals surface area contributed by atoms with Crippen molar-refractivity contribution in [2.45, 2.75) is 6.61 Å². The van der Waals surface area contributed by atoms with Crippen LogP contribution in [0.15, 0.2) is 48.5 Å². The Morgan fingerprint density at radius 3 is 2.13 bits per heavy atom. The number of hydrogen-bond donors (Lipinski definition) is 0. The lowest BCUT2D eigenvalue weighted by Crippen LogP contribution is -1.86. The summed E-state index contributed by atoms with van der Waals surface area (Å²) in [5, 5.41) is 0. The Morgan fingerprint density at radius 1 is 0.933 bits per heavy atom. The lowest BCUT2D eigenvalue weighted by atomic mass is 10.0. The first-order valence-corrected chi connectivity index (χ1v) is 4.94. The summed E-state index contributed by atoms with van der Waals surface area (Å²) >= 11 is 0. The standard InChI is InChI=1S/C14H13O/c1-15-11-12-7-9-14(10-8-12)13-5-3-2-4-6-13/h3-10H,11H2,1H3. The lowest BCUT2D eigenvalue weighted by molar-refractivity contribution is 0.185. The second-order valence-electron chi connectivity index (χ2n) is 3.42. The zero-order chi connectivity index (χ0) is 10.5. The molecular weight excluding hydrogens is 184 g/mol. The molecule has 0 saturated carbocycles. The number of ether oxygens (including phenoxy) is 1. The number of hydrogen-bond acceptors (Lipinski definition) is 1. The summed E-state index contributed by atoms with van der Waals surface area (Å²) in [6.45, 7) is 0.669. The summed E-state index contributed by atoms with van der Waals surface area (Å²) < 4.78 is 5.07. The van der Waals surface area contributed by atoms with Crippen LogP contribution in [-0.4, -0.2) is 7.11 Å². The third kappa shape index (κ3) is 2.45. The molecule has 2 aromatic rings. The van der Waals surface area contributed by atoms with Gasteiger partial charge in [0.25, 0.3) is 0 Å². The van der Waals surface area contributed by atoms with Gasteiger partial charge in [-0.25, -0.2) is 0 Å². The van der Waals surface area contributed by atoms with Crippen LogP contribution in [-0.2, 0) is 11.3 Å². The summed E-state index contributed by atoms with van der Waals surface area (Å²) in [6, 6.07) is 19.4. The fourth-order valence-corrected chi connectivity index (χ4v) is 1.54. The highest BCUT2D eigenvalue weighted by molar-refractivity contribution is 5.63. The van der Waals surface area contributed by atoms with Gasteiger partial charge in [0, 0.05) is 7.11 Å². The number of benzene rings is 2. The molecule has 0 bridgehead atoms. The van der Waals surface area contributed by atoms with Gasteiger partial charge in [-0.3, -0.25) is 0 Å². The van der Waals surface area contributed by atoms with E-state index in [2.05, 4.69) is 42.5 Å². The fourth-order valence-electron chi connectivity index (χ4n) is 1.54. The Hall–Kier alpha value is -1.60. The summed E-state index contributed by atoms with van der Waals surface area (Å²) in [6.07, 6.45) is 0. The van der Waals surface area contributed by atoms with Crippen molar-refractivity contribution in [1.82, 2.24) is 0 Å². The average molecular weight is 197 g/mol. The van der Waals surface area contributed by atoms with Crippen molar-refractivity contribution in [3.8, 4) is 11.1 Å². The van der Waals surface area contributed by atoms with E-state index in [-0.39, 0.29) is 0 Å². The van der Waals surface area contributed by atoms with E-state index < -0.39 is 0 Å². The Labute approximate surface area is 90.3 Å². The maximum atomic E-state index is 5.07. The van der Waals surface area contributed by atoms with Gasteiger partial charge in [-0.1, -0.05) is 48.5 Å². The first-order valence-electron chi connectivity index (χ1n) is 4.94. The minimum absolute atomic E-state index is 0.669. The monoisotopic (exact) mass is 197 g/mol. The molecule has 15 heavy (non-hydrogen) atoms. The SMILES string of the molecule is COCc1ccc(-c2cc[c]cc2)cc1. The van der Waals surface area contributed by atoms with E-state index in [1.165, 1.54) is 16.7 Å². The molecule has 1 heteroatoms. The van der Waals surface area contributed by atoms with Gasteiger partial charge < -0.3 is 4.74 Å². The van der Waals surface area contributed by atoms with Gasteiger partial charge in [0.1, 0.15) is 0 Å². The molecule has 2 rings (SSSR count). The summed E-state index contributed by atoms with van der Waals surface area (Å²) in [7, 11) is 1.71. The van der Waals surface area contributed by atoms with E-state index in [1.54, 1.807) is 7.11 Å². The normalized spacial score (nSPS) is 10.2. The van der Waals surface area contributed by atoms with Crippen LogP contribution in [0.5, 0.6) is 0 Å². The van der Waals surface area contributed by atoms with Crippen molar-refractivity contribution in [3.05, 3.63) is 60.2 Å². The van der Waals surface area contributed by atoms with Gasteiger partial charge in [0.15, 0.2) is 0 Å². The number of rotatable bonds is 3. The summed E-state index contributed by atoms with van der Waals surface area (Å²) in [5.41, 5.74) is 3.64. The van der Waals surface area contributed by atoms with Crippen LogP contribution in [0.2, 0.25) is 0 Å². The fraction of sp³-hybridized carbons (Fsp3) is 0.143. The molecule has 1 radical (unpaired) electrons.